The van der Waals surface area contributed by atoms with Crippen LogP contribution in [0.1, 0.15) is 33.6 Å². The number of hydrogen-bond acceptors (Lipinski definition) is 4. The van der Waals surface area contributed by atoms with Crippen molar-refractivity contribution in [2.45, 2.75) is 51.0 Å². The van der Waals surface area contributed by atoms with Gasteiger partial charge in [0.05, 0.1) is 11.4 Å². The van der Waals surface area contributed by atoms with Crippen LogP contribution in [-0.4, -0.2) is 45.5 Å². The Hall–Kier alpha value is -0.170. The third-order valence-corrected chi connectivity index (χ3v) is 4.67. The molecule has 0 bridgehead atoms. The van der Waals surface area contributed by atoms with Gasteiger partial charge in [0.1, 0.15) is 0 Å². The minimum Gasteiger partial charge on any atom is -0.377 e. The molecule has 0 aromatic rings. The second-order valence-electron chi connectivity index (χ2n) is 4.90. The van der Waals surface area contributed by atoms with Crippen molar-refractivity contribution in [3.05, 3.63) is 0 Å². The Morgan fingerprint density at radius 1 is 1.35 bits per heavy atom. The second-order valence-corrected chi connectivity index (χ2v) is 7.09. The molecule has 0 aliphatic carbocycles. The summed E-state index contributed by atoms with van der Waals surface area (Å²) in [5, 5.41) is 2.70. The van der Waals surface area contributed by atoms with Crippen LogP contribution in [0.4, 0.5) is 0 Å². The molecule has 2 atom stereocenters. The van der Waals surface area contributed by atoms with Gasteiger partial charge in [-0.2, -0.15) is 0 Å². The van der Waals surface area contributed by atoms with Gasteiger partial charge in [0.25, 0.3) is 0 Å². The molecule has 0 aromatic carbocycles. The standard InChI is InChI=1S/C11H24N2O3S/c1-9(2)12-7-10(3)17(14,15)13-8-11-5-4-6-16-11/h9-13H,4-8H2,1-3H3. The minimum absolute atomic E-state index is 0.0510. The molecule has 1 fully saturated rings. The zero-order valence-corrected chi connectivity index (χ0v) is 11.7. The summed E-state index contributed by atoms with van der Waals surface area (Å²) in [6.07, 6.45) is 2.02. The molecule has 0 radical (unpaired) electrons. The maximum atomic E-state index is 11.9. The van der Waals surface area contributed by atoms with E-state index < -0.39 is 15.3 Å². The van der Waals surface area contributed by atoms with E-state index in [9.17, 15) is 8.42 Å². The predicted molar refractivity (Wildman–Crippen MR) is 68.5 cm³/mol. The highest BCUT2D eigenvalue weighted by Crippen LogP contribution is 2.11. The maximum Gasteiger partial charge on any atom is 0.215 e. The molecular weight excluding hydrogens is 240 g/mol. The third-order valence-electron chi connectivity index (χ3n) is 2.88. The van der Waals surface area contributed by atoms with Gasteiger partial charge in [-0.3, -0.25) is 0 Å². The Balaban J connectivity index is 2.33. The van der Waals surface area contributed by atoms with Crippen molar-refractivity contribution >= 4 is 10.0 Å². The topological polar surface area (TPSA) is 67.4 Å². The summed E-state index contributed by atoms with van der Waals surface area (Å²) >= 11 is 0. The monoisotopic (exact) mass is 264 g/mol. The van der Waals surface area contributed by atoms with Crippen LogP contribution in [0.2, 0.25) is 0 Å². The second kappa shape index (κ2) is 6.68. The third kappa shape index (κ3) is 5.33. The summed E-state index contributed by atoms with van der Waals surface area (Å²) in [4.78, 5) is 0. The van der Waals surface area contributed by atoms with Crippen LogP contribution < -0.4 is 10.0 Å². The zero-order chi connectivity index (χ0) is 12.9. The molecule has 0 aromatic heterocycles. The van der Waals surface area contributed by atoms with Crippen LogP contribution in [0.25, 0.3) is 0 Å². The van der Waals surface area contributed by atoms with E-state index in [0.29, 0.717) is 19.1 Å². The fraction of sp³-hybridized carbons (Fsp3) is 1.00. The van der Waals surface area contributed by atoms with Crippen molar-refractivity contribution < 1.29 is 13.2 Å². The van der Waals surface area contributed by atoms with Gasteiger partial charge in [-0.05, 0) is 19.8 Å². The van der Waals surface area contributed by atoms with Crippen molar-refractivity contribution in [2.75, 3.05) is 19.7 Å². The molecule has 0 spiro atoms. The molecule has 17 heavy (non-hydrogen) atoms. The number of sulfonamides is 1. The van der Waals surface area contributed by atoms with Crippen LogP contribution >= 0.6 is 0 Å². The molecule has 1 rings (SSSR count). The number of nitrogens with one attached hydrogen (secondary N) is 2. The Morgan fingerprint density at radius 3 is 2.59 bits per heavy atom. The van der Waals surface area contributed by atoms with Gasteiger partial charge < -0.3 is 10.1 Å². The van der Waals surface area contributed by atoms with Crippen LogP contribution in [0.15, 0.2) is 0 Å². The smallest absolute Gasteiger partial charge is 0.215 e. The zero-order valence-electron chi connectivity index (χ0n) is 10.9. The minimum atomic E-state index is -3.24. The summed E-state index contributed by atoms with van der Waals surface area (Å²) in [6.45, 7) is 7.33. The Bertz CT molecular complexity index is 311. The molecule has 2 unspecified atom stereocenters. The first-order chi connectivity index (χ1) is 7.92. The van der Waals surface area contributed by atoms with Gasteiger partial charge in [0.15, 0.2) is 0 Å². The van der Waals surface area contributed by atoms with Gasteiger partial charge >= 0.3 is 0 Å². The summed E-state index contributed by atoms with van der Waals surface area (Å²) in [5.74, 6) is 0. The molecule has 0 saturated carbocycles. The largest absolute Gasteiger partial charge is 0.377 e. The van der Waals surface area contributed by atoms with Crippen molar-refractivity contribution in [2.24, 2.45) is 0 Å². The summed E-state index contributed by atoms with van der Waals surface area (Å²) in [5.41, 5.74) is 0. The summed E-state index contributed by atoms with van der Waals surface area (Å²) in [7, 11) is -3.24. The highest BCUT2D eigenvalue weighted by Gasteiger charge is 2.23. The predicted octanol–water partition coefficient (Wildman–Crippen LogP) is 0.471. The lowest BCUT2D eigenvalue weighted by molar-refractivity contribution is 0.114. The first-order valence-electron chi connectivity index (χ1n) is 6.25. The van der Waals surface area contributed by atoms with E-state index in [1.807, 2.05) is 13.8 Å². The quantitative estimate of drug-likeness (QED) is 0.701. The molecule has 0 amide bonds. The molecule has 1 saturated heterocycles. The molecule has 1 aliphatic heterocycles. The molecule has 102 valence electrons. The molecule has 1 heterocycles. The first-order valence-corrected chi connectivity index (χ1v) is 7.80. The van der Waals surface area contributed by atoms with Crippen molar-refractivity contribution in [1.82, 2.24) is 10.0 Å². The van der Waals surface area contributed by atoms with Gasteiger partial charge in [-0.1, -0.05) is 13.8 Å². The van der Waals surface area contributed by atoms with E-state index in [0.717, 1.165) is 19.4 Å². The fourth-order valence-electron chi connectivity index (χ4n) is 1.67. The van der Waals surface area contributed by atoms with Crippen LogP contribution in [-0.2, 0) is 14.8 Å². The van der Waals surface area contributed by atoms with Gasteiger partial charge in [-0.25, -0.2) is 13.1 Å². The normalized spacial score (nSPS) is 23.2. The molecular formula is C11H24N2O3S. The summed E-state index contributed by atoms with van der Waals surface area (Å²) in [6, 6.07) is 0.297. The number of rotatable bonds is 7. The van der Waals surface area contributed by atoms with Crippen molar-refractivity contribution in [3.8, 4) is 0 Å². The molecule has 1 aliphatic rings. The highest BCUT2D eigenvalue weighted by molar-refractivity contribution is 7.90. The van der Waals surface area contributed by atoms with E-state index >= 15 is 0 Å². The molecule has 5 nitrogen and oxygen atoms in total. The maximum absolute atomic E-state index is 11.9. The van der Waals surface area contributed by atoms with Crippen LogP contribution in [0.5, 0.6) is 0 Å². The lowest BCUT2D eigenvalue weighted by Crippen LogP contribution is -2.42. The van der Waals surface area contributed by atoms with Gasteiger partial charge in [-0.15, -0.1) is 0 Å². The average Bonchev–Trinajstić information content (AvgIpc) is 2.75. The first kappa shape index (κ1) is 14.9. The SMILES string of the molecule is CC(C)NCC(C)S(=O)(=O)NCC1CCCO1. The lowest BCUT2D eigenvalue weighted by atomic mass is 10.2. The Kier molecular flexibility index (Phi) is 5.85. The Morgan fingerprint density at radius 2 is 2.06 bits per heavy atom. The highest BCUT2D eigenvalue weighted by atomic mass is 32.2. The van der Waals surface area contributed by atoms with Crippen LogP contribution in [0.3, 0.4) is 0 Å². The van der Waals surface area contributed by atoms with E-state index in [1.54, 1.807) is 6.92 Å². The van der Waals surface area contributed by atoms with Gasteiger partial charge in [0, 0.05) is 25.7 Å². The average molecular weight is 264 g/mol. The van der Waals surface area contributed by atoms with Crippen molar-refractivity contribution in [1.29, 1.82) is 0 Å². The lowest BCUT2D eigenvalue weighted by Gasteiger charge is -2.17. The Labute approximate surface area is 104 Å². The van der Waals surface area contributed by atoms with E-state index in [-0.39, 0.29) is 6.10 Å². The number of ether oxygens (including phenoxy) is 1. The van der Waals surface area contributed by atoms with Crippen LogP contribution in [0, 0.1) is 0 Å². The fourth-order valence-corrected chi connectivity index (χ4v) is 2.69. The van der Waals surface area contributed by atoms with Gasteiger partial charge in [0.2, 0.25) is 10.0 Å². The molecule has 2 N–H and O–H groups in total. The van der Waals surface area contributed by atoms with E-state index in [2.05, 4.69) is 10.0 Å². The number of hydrogen-bond donors (Lipinski definition) is 2. The van der Waals surface area contributed by atoms with E-state index in [4.69, 9.17) is 4.74 Å². The molecule has 6 heteroatoms. The summed E-state index contributed by atoms with van der Waals surface area (Å²) < 4.78 is 31.8. The van der Waals surface area contributed by atoms with Crippen molar-refractivity contribution in [3.63, 3.8) is 0 Å². The van der Waals surface area contributed by atoms with E-state index in [1.165, 1.54) is 0 Å².